The summed E-state index contributed by atoms with van der Waals surface area (Å²) >= 11 is 0. The van der Waals surface area contributed by atoms with Crippen LogP contribution in [0.15, 0.2) is 34.9 Å². The minimum Gasteiger partial charge on any atom is -0.484 e. The molecule has 1 amide bonds. The smallest absolute Gasteiger partial charge is 0.257 e. The third-order valence-corrected chi connectivity index (χ3v) is 3.05. The molecule has 0 fully saturated rings. The SMILES string of the molecule is Cc1cc(CCCNC(=O)COc2ccccc2C)on1. The predicted octanol–water partition coefficient (Wildman–Crippen LogP) is 2.42. The van der Waals surface area contributed by atoms with Crippen LogP contribution in [0.1, 0.15) is 23.4 Å². The second-order valence-electron chi connectivity index (χ2n) is 4.94. The molecule has 0 spiro atoms. The molecule has 0 aliphatic heterocycles. The molecule has 5 heteroatoms. The summed E-state index contributed by atoms with van der Waals surface area (Å²) in [4.78, 5) is 11.7. The standard InChI is InChI=1S/C16H20N2O3/c1-12-6-3-4-8-15(12)20-11-16(19)17-9-5-7-14-10-13(2)18-21-14/h3-4,6,8,10H,5,7,9,11H2,1-2H3,(H,17,19). The van der Waals surface area contributed by atoms with E-state index >= 15 is 0 Å². The van der Waals surface area contributed by atoms with Gasteiger partial charge in [-0.15, -0.1) is 0 Å². The van der Waals surface area contributed by atoms with Gasteiger partial charge in [0.1, 0.15) is 11.5 Å². The summed E-state index contributed by atoms with van der Waals surface area (Å²) in [7, 11) is 0. The van der Waals surface area contributed by atoms with Gasteiger partial charge in [0.05, 0.1) is 5.69 Å². The second kappa shape index (κ2) is 7.47. The zero-order valence-electron chi connectivity index (χ0n) is 12.4. The highest BCUT2D eigenvalue weighted by Crippen LogP contribution is 2.15. The lowest BCUT2D eigenvalue weighted by Gasteiger charge is -2.09. The Kier molecular flexibility index (Phi) is 5.37. The number of benzene rings is 1. The molecule has 0 radical (unpaired) electrons. The summed E-state index contributed by atoms with van der Waals surface area (Å²) in [5.74, 6) is 1.47. The molecule has 1 aromatic heterocycles. The summed E-state index contributed by atoms with van der Waals surface area (Å²) in [6, 6.07) is 9.54. The summed E-state index contributed by atoms with van der Waals surface area (Å²) in [5.41, 5.74) is 1.90. The first kappa shape index (κ1) is 15.1. The first-order valence-electron chi connectivity index (χ1n) is 7.02. The molecule has 0 unspecified atom stereocenters. The van der Waals surface area contributed by atoms with Crippen LogP contribution in [-0.2, 0) is 11.2 Å². The lowest BCUT2D eigenvalue weighted by Crippen LogP contribution is -2.30. The van der Waals surface area contributed by atoms with Crippen LogP contribution in [0.5, 0.6) is 5.75 Å². The molecule has 1 N–H and O–H groups in total. The second-order valence-corrected chi connectivity index (χ2v) is 4.94. The molecule has 0 saturated carbocycles. The highest BCUT2D eigenvalue weighted by Gasteiger charge is 2.05. The zero-order valence-corrected chi connectivity index (χ0v) is 12.4. The van der Waals surface area contributed by atoms with E-state index in [2.05, 4.69) is 10.5 Å². The summed E-state index contributed by atoms with van der Waals surface area (Å²) in [5, 5.41) is 6.64. The number of hydrogen-bond donors (Lipinski definition) is 1. The van der Waals surface area contributed by atoms with Crippen molar-refractivity contribution in [3.63, 3.8) is 0 Å². The van der Waals surface area contributed by atoms with Crippen LogP contribution in [0, 0.1) is 13.8 Å². The van der Waals surface area contributed by atoms with Crippen molar-refractivity contribution in [2.24, 2.45) is 0 Å². The first-order chi connectivity index (χ1) is 10.1. The monoisotopic (exact) mass is 288 g/mol. The van der Waals surface area contributed by atoms with Gasteiger partial charge in [0.15, 0.2) is 6.61 Å². The van der Waals surface area contributed by atoms with Gasteiger partial charge in [-0.3, -0.25) is 4.79 Å². The molecule has 2 aromatic rings. The Morgan fingerprint density at radius 3 is 2.86 bits per heavy atom. The third kappa shape index (κ3) is 4.95. The fourth-order valence-electron chi connectivity index (χ4n) is 1.94. The molecule has 2 rings (SSSR count). The van der Waals surface area contributed by atoms with Gasteiger partial charge in [0.2, 0.25) is 0 Å². The molecule has 112 valence electrons. The van der Waals surface area contributed by atoms with Gasteiger partial charge < -0.3 is 14.6 Å². The van der Waals surface area contributed by atoms with E-state index in [1.165, 1.54) is 0 Å². The molecular formula is C16H20N2O3. The fraction of sp³-hybridized carbons (Fsp3) is 0.375. The summed E-state index contributed by atoms with van der Waals surface area (Å²) in [6.07, 6.45) is 1.57. The number of nitrogens with zero attached hydrogens (tertiary/aromatic N) is 1. The third-order valence-electron chi connectivity index (χ3n) is 3.05. The number of rotatable bonds is 7. The van der Waals surface area contributed by atoms with Crippen molar-refractivity contribution in [2.75, 3.05) is 13.2 Å². The van der Waals surface area contributed by atoms with E-state index in [1.54, 1.807) is 0 Å². The quantitative estimate of drug-likeness (QED) is 0.795. The van der Waals surface area contributed by atoms with Crippen molar-refractivity contribution in [1.82, 2.24) is 10.5 Å². The predicted molar refractivity (Wildman–Crippen MR) is 79.2 cm³/mol. The minimum atomic E-state index is -0.119. The number of carbonyl (C=O) groups is 1. The maximum atomic E-state index is 11.7. The lowest BCUT2D eigenvalue weighted by atomic mass is 10.2. The van der Waals surface area contributed by atoms with Crippen molar-refractivity contribution in [2.45, 2.75) is 26.7 Å². The molecule has 0 saturated heterocycles. The number of hydrogen-bond acceptors (Lipinski definition) is 4. The maximum absolute atomic E-state index is 11.7. The van der Waals surface area contributed by atoms with Crippen molar-refractivity contribution >= 4 is 5.91 Å². The Hall–Kier alpha value is -2.30. The highest BCUT2D eigenvalue weighted by atomic mass is 16.5. The molecule has 1 heterocycles. The largest absolute Gasteiger partial charge is 0.484 e. The van der Waals surface area contributed by atoms with Gasteiger partial charge in [0, 0.05) is 19.0 Å². The fourth-order valence-corrected chi connectivity index (χ4v) is 1.94. The normalized spacial score (nSPS) is 10.4. The van der Waals surface area contributed by atoms with E-state index in [9.17, 15) is 4.79 Å². The number of ether oxygens (including phenoxy) is 1. The van der Waals surface area contributed by atoms with E-state index in [4.69, 9.17) is 9.26 Å². The van der Waals surface area contributed by atoms with E-state index < -0.39 is 0 Å². The highest BCUT2D eigenvalue weighted by molar-refractivity contribution is 5.77. The first-order valence-corrected chi connectivity index (χ1v) is 7.02. The van der Waals surface area contributed by atoms with Gasteiger partial charge in [-0.1, -0.05) is 23.4 Å². The zero-order chi connectivity index (χ0) is 15.1. The number of carbonyl (C=O) groups excluding carboxylic acids is 1. The molecule has 21 heavy (non-hydrogen) atoms. The van der Waals surface area contributed by atoms with Gasteiger partial charge >= 0.3 is 0 Å². The van der Waals surface area contributed by atoms with Crippen molar-refractivity contribution in [3.05, 3.63) is 47.3 Å². The van der Waals surface area contributed by atoms with Gasteiger partial charge in [-0.2, -0.15) is 0 Å². The molecular weight excluding hydrogens is 268 g/mol. The number of aromatic nitrogens is 1. The maximum Gasteiger partial charge on any atom is 0.257 e. The summed E-state index contributed by atoms with van der Waals surface area (Å²) in [6.45, 7) is 4.46. The molecule has 5 nitrogen and oxygen atoms in total. The van der Waals surface area contributed by atoms with Crippen molar-refractivity contribution in [1.29, 1.82) is 0 Å². The van der Waals surface area contributed by atoms with E-state index in [1.807, 2.05) is 44.2 Å². The van der Waals surface area contributed by atoms with Crippen LogP contribution in [-0.4, -0.2) is 24.2 Å². The van der Waals surface area contributed by atoms with E-state index in [-0.39, 0.29) is 12.5 Å². The van der Waals surface area contributed by atoms with Crippen LogP contribution >= 0.6 is 0 Å². The van der Waals surface area contributed by atoms with Crippen LogP contribution in [0.2, 0.25) is 0 Å². The van der Waals surface area contributed by atoms with Crippen LogP contribution in [0.25, 0.3) is 0 Å². The number of nitrogens with one attached hydrogen (secondary N) is 1. The summed E-state index contributed by atoms with van der Waals surface area (Å²) < 4.78 is 10.6. The van der Waals surface area contributed by atoms with E-state index in [0.29, 0.717) is 6.54 Å². The Morgan fingerprint density at radius 2 is 2.14 bits per heavy atom. The van der Waals surface area contributed by atoms with Crippen molar-refractivity contribution < 1.29 is 14.1 Å². The van der Waals surface area contributed by atoms with Gasteiger partial charge in [-0.05, 0) is 31.9 Å². The minimum absolute atomic E-state index is 0.0340. The Balaban J connectivity index is 1.63. The molecule has 0 aliphatic rings. The van der Waals surface area contributed by atoms with Crippen LogP contribution < -0.4 is 10.1 Å². The Labute approximate surface area is 124 Å². The van der Waals surface area contributed by atoms with Crippen LogP contribution in [0.3, 0.4) is 0 Å². The average molecular weight is 288 g/mol. The van der Waals surface area contributed by atoms with E-state index in [0.717, 1.165) is 35.6 Å². The molecule has 1 aromatic carbocycles. The molecule has 0 atom stereocenters. The number of amides is 1. The Bertz CT molecular complexity index is 593. The molecule has 0 aliphatic carbocycles. The van der Waals surface area contributed by atoms with Crippen molar-refractivity contribution in [3.8, 4) is 5.75 Å². The lowest BCUT2D eigenvalue weighted by molar-refractivity contribution is -0.123. The molecule has 0 bridgehead atoms. The van der Waals surface area contributed by atoms with Gasteiger partial charge in [-0.25, -0.2) is 0 Å². The average Bonchev–Trinajstić information content (AvgIpc) is 2.88. The number of aryl methyl sites for hydroxylation is 3. The van der Waals surface area contributed by atoms with Crippen LogP contribution in [0.4, 0.5) is 0 Å². The Morgan fingerprint density at radius 1 is 1.33 bits per heavy atom. The van der Waals surface area contributed by atoms with Gasteiger partial charge in [0.25, 0.3) is 5.91 Å². The number of para-hydroxylation sites is 1. The topological polar surface area (TPSA) is 64.4 Å².